The number of hydrogen-bond donors (Lipinski definition) is 3. The zero-order chi connectivity index (χ0) is 26.0. The van der Waals surface area contributed by atoms with E-state index in [1.54, 1.807) is 20.2 Å². The summed E-state index contributed by atoms with van der Waals surface area (Å²) in [6.45, 7) is 15.1. The first kappa shape index (κ1) is 28.4. The summed E-state index contributed by atoms with van der Waals surface area (Å²) in [7, 11) is 3.53. The number of rotatable bonds is 11. The average Bonchev–Trinajstić information content (AvgIpc) is 2.80. The normalized spacial score (nSPS) is 18.1. The number of likely N-dealkylation sites (N-methyl/N-ethyl adjacent to an activating group) is 1. The minimum Gasteiger partial charge on any atom is -0.384 e. The van der Waals surface area contributed by atoms with Crippen LogP contribution >= 0.6 is 0 Å². The summed E-state index contributed by atoms with van der Waals surface area (Å²) in [6.07, 6.45) is 8.12. The third kappa shape index (κ3) is 8.39. The molecule has 0 heterocycles. The van der Waals surface area contributed by atoms with Crippen molar-refractivity contribution < 1.29 is 9.63 Å². The van der Waals surface area contributed by atoms with Gasteiger partial charge >= 0.3 is 0 Å². The van der Waals surface area contributed by atoms with E-state index in [1.807, 2.05) is 39.1 Å². The Balaban J connectivity index is 2.07. The van der Waals surface area contributed by atoms with Gasteiger partial charge in [-0.25, -0.2) is 0 Å². The lowest BCUT2D eigenvalue weighted by molar-refractivity contribution is -0.119. The van der Waals surface area contributed by atoms with E-state index in [2.05, 4.69) is 53.7 Å². The van der Waals surface area contributed by atoms with Crippen LogP contribution in [0.3, 0.4) is 0 Å². The quantitative estimate of drug-likeness (QED) is 0.159. The lowest BCUT2D eigenvalue weighted by Gasteiger charge is -2.38. The number of allylic oxidation sites excluding steroid dienone is 4. The number of carbonyl (C=O) groups is 1. The largest absolute Gasteiger partial charge is 0.384 e. The minimum absolute atomic E-state index is 0.0670. The molecule has 6 nitrogen and oxygen atoms in total. The Labute approximate surface area is 212 Å². The van der Waals surface area contributed by atoms with E-state index in [1.165, 1.54) is 0 Å². The number of carbonyl (C=O) groups excluding carboxylic acids is 1. The molecule has 1 aliphatic rings. The van der Waals surface area contributed by atoms with E-state index in [-0.39, 0.29) is 11.9 Å². The molecule has 1 aromatic carbocycles. The first-order chi connectivity index (χ1) is 16.6. The number of aliphatic imine (C=N–C) groups is 1. The number of hydrogen-bond acceptors (Lipinski definition) is 5. The molecule has 6 heteroatoms. The van der Waals surface area contributed by atoms with Gasteiger partial charge in [0, 0.05) is 20.3 Å². The highest BCUT2D eigenvalue weighted by Gasteiger charge is 2.32. The van der Waals surface area contributed by atoms with Crippen LogP contribution in [0, 0.1) is 11.3 Å². The SMILES string of the molecule is C=C(C)/C(=C(/C)C=NC)c1ccc(NOC[C@@H](NC(=O)/C(=C/C)NC)C2CCC(C)(C)CC2)cc1. The lowest BCUT2D eigenvalue weighted by atomic mass is 9.71. The van der Waals surface area contributed by atoms with Crippen molar-refractivity contribution in [2.75, 3.05) is 26.2 Å². The number of benzene rings is 1. The van der Waals surface area contributed by atoms with Gasteiger partial charge in [-0.3, -0.25) is 20.1 Å². The van der Waals surface area contributed by atoms with Gasteiger partial charge in [-0.05, 0) is 86.6 Å². The molecule has 0 unspecified atom stereocenters. The molecule has 0 aromatic heterocycles. The van der Waals surface area contributed by atoms with Crippen LogP contribution in [-0.2, 0) is 9.63 Å². The molecule has 3 N–H and O–H groups in total. The predicted molar refractivity (Wildman–Crippen MR) is 148 cm³/mol. The van der Waals surface area contributed by atoms with Gasteiger partial charge in [-0.15, -0.1) is 0 Å². The number of nitrogens with one attached hydrogen (secondary N) is 3. The summed E-state index contributed by atoms with van der Waals surface area (Å²) in [6, 6.07) is 8.02. The third-order valence-corrected chi connectivity index (χ3v) is 6.84. The second kappa shape index (κ2) is 13.3. The maximum atomic E-state index is 12.7. The van der Waals surface area contributed by atoms with Crippen molar-refractivity contribution in [1.82, 2.24) is 10.6 Å². The molecule has 0 bridgehead atoms. The first-order valence-electron chi connectivity index (χ1n) is 12.5. The number of nitrogens with zero attached hydrogens (tertiary/aromatic N) is 1. The molecule has 1 aromatic rings. The Morgan fingerprint density at radius 1 is 1.23 bits per heavy atom. The topological polar surface area (TPSA) is 74.8 Å². The van der Waals surface area contributed by atoms with Crippen molar-refractivity contribution in [3.63, 3.8) is 0 Å². The van der Waals surface area contributed by atoms with Crippen LogP contribution in [0.2, 0.25) is 0 Å². The smallest absolute Gasteiger partial charge is 0.267 e. The van der Waals surface area contributed by atoms with Crippen LogP contribution in [0.5, 0.6) is 0 Å². The summed E-state index contributed by atoms with van der Waals surface area (Å²) < 4.78 is 0. The third-order valence-electron chi connectivity index (χ3n) is 6.84. The van der Waals surface area contributed by atoms with E-state index >= 15 is 0 Å². The van der Waals surface area contributed by atoms with E-state index < -0.39 is 0 Å². The van der Waals surface area contributed by atoms with Crippen LogP contribution in [-0.4, -0.2) is 38.9 Å². The standard InChI is InChI=1S/C29H44N4O2/c1-9-25(31-8)28(34)32-26(22-14-16-29(5,6)17-15-22)19-35-33-24-12-10-23(11-13-24)27(20(2)3)21(4)18-30-7/h9-13,18,22,26,31,33H,2,14-17,19H2,1,3-8H3,(H,32,34)/b25-9-,27-21+,30-18?/t26-/m1/s1. The first-order valence-corrected chi connectivity index (χ1v) is 12.5. The van der Waals surface area contributed by atoms with Crippen molar-refractivity contribution in [3.05, 3.63) is 59.3 Å². The van der Waals surface area contributed by atoms with Crippen molar-refractivity contribution in [3.8, 4) is 0 Å². The number of anilines is 1. The second-order valence-electron chi connectivity index (χ2n) is 10.3. The van der Waals surface area contributed by atoms with E-state index in [0.717, 1.165) is 53.7 Å². The van der Waals surface area contributed by atoms with Crippen LogP contribution in [0.15, 0.2) is 58.8 Å². The zero-order valence-corrected chi connectivity index (χ0v) is 22.6. The summed E-state index contributed by atoms with van der Waals surface area (Å²) in [4.78, 5) is 22.8. The average molecular weight is 481 g/mol. The summed E-state index contributed by atoms with van der Waals surface area (Å²) in [5, 5.41) is 6.17. The molecule has 192 valence electrons. The maximum absolute atomic E-state index is 12.7. The van der Waals surface area contributed by atoms with Gasteiger partial charge in [0.15, 0.2) is 0 Å². The molecular weight excluding hydrogens is 436 g/mol. The maximum Gasteiger partial charge on any atom is 0.267 e. The van der Waals surface area contributed by atoms with Gasteiger partial charge in [0.1, 0.15) is 0 Å². The van der Waals surface area contributed by atoms with Gasteiger partial charge in [0.2, 0.25) is 0 Å². The van der Waals surface area contributed by atoms with Gasteiger partial charge < -0.3 is 10.6 Å². The molecule has 35 heavy (non-hydrogen) atoms. The Morgan fingerprint density at radius 2 is 1.86 bits per heavy atom. The molecule has 0 spiro atoms. The van der Waals surface area contributed by atoms with Crippen molar-refractivity contribution in [2.45, 2.75) is 66.3 Å². The van der Waals surface area contributed by atoms with Gasteiger partial charge in [-0.1, -0.05) is 44.2 Å². The number of amides is 1. The predicted octanol–water partition coefficient (Wildman–Crippen LogP) is 5.90. The molecule has 0 saturated heterocycles. The van der Waals surface area contributed by atoms with Crippen LogP contribution < -0.4 is 16.1 Å². The zero-order valence-electron chi connectivity index (χ0n) is 22.6. The van der Waals surface area contributed by atoms with E-state index in [4.69, 9.17) is 4.84 Å². The van der Waals surface area contributed by atoms with Crippen molar-refractivity contribution in [1.29, 1.82) is 0 Å². The Kier molecular flexibility index (Phi) is 10.8. The van der Waals surface area contributed by atoms with Crippen molar-refractivity contribution in [2.24, 2.45) is 16.3 Å². The molecule has 2 rings (SSSR count). The van der Waals surface area contributed by atoms with E-state index in [9.17, 15) is 4.79 Å². The summed E-state index contributed by atoms with van der Waals surface area (Å²) in [5.41, 5.74) is 9.11. The lowest BCUT2D eigenvalue weighted by Crippen LogP contribution is -2.47. The van der Waals surface area contributed by atoms with E-state index in [0.29, 0.717) is 23.6 Å². The molecule has 1 amide bonds. The Morgan fingerprint density at radius 3 is 2.37 bits per heavy atom. The highest BCUT2D eigenvalue weighted by atomic mass is 16.6. The second-order valence-corrected chi connectivity index (χ2v) is 10.3. The highest BCUT2D eigenvalue weighted by molar-refractivity contribution is 5.95. The molecule has 1 saturated carbocycles. The van der Waals surface area contributed by atoms with Gasteiger partial charge in [0.25, 0.3) is 5.91 Å². The Bertz CT molecular complexity index is 947. The fourth-order valence-electron chi connectivity index (χ4n) is 4.74. The minimum atomic E-state index is -0.0945. The highest BCUT2D eigenvalue weighted by Crippen LogP contribution is 2.39. The fourth-order valence-corrected chi connectivity index (χ4v) is 4.74. The monoisotopic (exact) mass is 480 g/mol. The molecule has 0 aliphatic heterocycles. The molecular formula is C29H44N4O2. The van der Waals surface area contributed by atoms with Crippen LogP contribution in [0.1, 0.15) is 65.9 Å². The fraction of sp³-hybridized carbons (Fsp3) is 0.517. The summed E-state index contributed by atoms with van der Waals surface area (Å²) in [5.74, 6) is 0.292. The van der Waals surface area contributed by atoms with Gasteiger partial charge in [0.05, 0.1) is 24.0 Å². The van der Waals surface area contributed by atoms with Crippen LogP contribution in [0.25, 0.3) is 5.57 Å². The molecule has 1 fully saturated rings. The molecule has 0 radical (unpaired) electrons. The summed E-state index contributed by atoms with van der Waals surface area (Å²) >= 11 is 0. The van der Waals surface area contributed by atoms with Crippen LogP contribution in [0.4, 0.5) is 5.69 Å². The molecule has 1 aliphatic carbocycles. The Hall–Kier alpha value is -2.86. The molecule has 1 atom stereocenters. The van der Waals surface area contributed by atoms with Gasteiger partial charge in [-0.2, -0.15) is 0 Å². The van der Waals surface area contributed by atoms with Crippen molar-refractivity contribution >= 4 is 23.4 Å².